The molecule has 0 aliphatic carbocycles. The molecule has 3 rings (SSSR count). The second kappa shape index (κ2) is 4.90. The van der Waals surface area contributed by atoms with Crippen molar-refractivity contribution in [3.05, 3.63) is 47.4 Å². The van der Waals surface area contributed by atoms with Crippen molar-refractivity contribution in [2.75, 3.05) is 0 Å². The topological polar surface area (TPSA) is 80.4 Å². The van der Waals surface area contributed by atoms with E-state index in [2.05, 4.69) is 15.1 Å². The summed E-state index contributed by atoms with van der Waals surface area (Å²) < 4.78 is 1.53. The summed E-state index contributed by atoms with van der Waals surface area (Å²) in [5.41, 5.74) is 1.67. The van der Waals surface area contributed by atoms with Crippen molar-refractivity contribution in [3.8, 4) is 11.3 Å². The third kappa shape index (κ3) is 2.33. The smallest absolute Gasteiger partial charge is 0.311 e. The molecule has 0 aliphatic heterocycles. The Kier molecular flexibility index (Phi) is 3.08. The highest BCUT2D eigenvalue weighted by Gasteiger charge is 2.12. The maximum absolute atomic E-state index is 10.7. The Morgan fingerprint density at radius 2 is 2.00 bits per heavy atom. The lowest BCUT2D eigenvalue weighted by atomic mass is 10.1. The third-order valence-corrected chi connectivity index (χ3v) is 2.99. The number of halogens is 1. The van der Waals surface area contributed by atoms with Crippen LogP contribution in [0.1, 0.15) is 5.82 Å². The molecule has 0 radical (unpaired) electrons. The predicted molar refractivity (Wildman–Crippen MR) is 72.6 cm³/mol. The summed E-state index contributed by atoms with van der Waals surface area (Å²) in [6.45, 7) is 0. The molecule has 0 saturated heterocycles. The monoisotopic (exact) mass is 288 g/mol. The molecule has 2 heterocycles. The molecule has 0 fully saturated rings. The molecule has 6 nitrogen and oxygen atoms in total. The number of nitrogens with zero attached hydrogens (tertiary/aromatic N) is 4. The van der Waals surface area contributed by atoms with Crippen molar-refractivity contribution < 1.29 is 9.90 Å². The Balaban J connectivity index is 2.13. The number of benzene rings is 1. The van der Waals surface area contributed by atoms with Gasteiger partial charge in [0.1, 0.15) is 6.42 Å². The number of fused-ring (bicyclic) bond motifs is 1. The normalized spacial score (nSPS) is 10.8. The Hall–Kier alpha value is -2.47. The average molecular weight is 289 g/mol. The lowest BCUT2D eigenvalue weighted by Gasteiger charge is -2.03. The van der Waals surface area contributed by atoms with Crippen LogP contribution in [0.15, 0.2) is 36.5 Å². The van der Waals surface area contributed by atoms with E-state index in [1.165, 1.54) is 4.52 Å². The molecular weight excluding hydrogens is 280 g/mol. The first kappa shape index (κ1) is 12.6. The molecule has 0 spiro atoms. The number of aliphatic carboxylic acids is 1. The minimum Gasteiger partial charge on any atom is -0.481 e. The van der Waals surface area contributed by atoms with Gasteiger partial charge in [0.05, 0.1) is 5.69 Å². The molecule has 0 bridgehead atoms. The number of carboxylic acids is 1. The fraction of sp³-hybridized carbons (Fsp3) is 0.0769. The Morgan fingerprint density at radius 1 is 1.25 bits per heavy atom. The maximum Gasteiger partial charge on any atom is 0.311 e. The van der Waals surface area contributed by atoms with Crippen LogP contribution in [0.5, 0.6) is 0 Å². The fourth-order valence-electron chi connectivity index (χ4n) is 1.88. The van der Waals surface area contributed by atoms with E-state index in [4.69, 9.17) is 16.7 Å². The van der Waals surface area contributed by atoms with Gasteiger partial charge < -0.3 is 5.11 Å². The van der Waals surface area contributed by atoms with E-state index in [1.54, 1.807) is 24.4 Å². The van der Waals surface area contributed by atoms with Crippen LogP contribution in [0.2, 0.25) is 5.02 Å². The van der Waals surface area contributed by atoms with Crippen molar-refractivity contribution in [1.82, 2.24) is 19.6 Å². The summed E-state index contributed by atoms with van der Waals surface area (Å²) in [5, 5.41) is 13.6. The van der Waals surface area contributed by atoms with Crippen LogP contribution in [0, 0.1) is 0 Å². The number of carboxylic acid groups (broad SMARTS) is 1. The highest BCUT2D eigenvalue weighted by molar-refractivity contribution is 6.30. The highest BCUT2D eigenvalue weighted by Crippen LogP contribution is 2.21. The van der Waals surface area contributed by atoms with E-state index < -0.39 is 5.97 Å². The molecule has 0 atom stereocenters. The molecule has 0 unspecified atom stereocenters. The molecule has 0 amide bonds. The number of carbonyl (C=O) groups is 1. The number of rotatable bonds is 3. The van der Waals surface area contributed by atoms with Gasteiger partial charge in [-0.2, -0.15) is 9.50 Å². The van der Waals surface area contributed by atoms with Gasteiger partial charge in [0.25, 0.3) is 5.78 Å². The van der Waals surface area contributed by atoms with Crippen LogP contribution in [0.25, 0.3) is 17.0 Å². The van der Waals surface area contributed by atoms with Gasteiger partial charge in [0.15, 0.2) is 5.82 Å². The summed E-state index contributed by atoms with van der Waals surface area (Å²) in [6.07, 6.45) is 1.38. The number of hydrogen-bond acceptors (Lipinski definition) is 4. The van der Waals surface area contributed by atoms with E-state index in [0.717, 1.165) is 11.3 Å². The van der Waals surface area contributed by atoms with Crippen LogP contribution in [0.4, 0.5) is 0 Å². The molecule has 7 heteroatoms. The SMILES string of the molecule is O=C(O)Cc1nc2nccc(-c3ccc(Cl)cc3)n2n1. The third-order valence-electron chi connectivity index (χ3n) is 2.73. The molecule has 1 aromatic carbocycles. The van der Waals surface area contributed by atoms with Gasteiger partial charge >= 0.3 is 5.97 Å². The van der Waals surface area contributed by atoms with E-state index >= 15 is 0 Å². The van der Waals surface area contributed by atoms with Crippen molar-refractivity contribution in [2.45, 2.75) is 6.42 Å². The van der Waals surface area contributed by atoms with Crippen LogP contribution >= 0.6 is 11.6 Å². The molecule has 20 heavy (non-hydrogen) atoms. The van der Waals surface area contributed by atoms with Crippen LogP contribution in [-0.4, -0.2) is 30.7 Å². The van der Waals surface area contributed by atoms with Gasteiger partial charge in [0, 0.05) is 16.8 Å². The minimum atomic E-state index is -0.978. The summed E-state index contributed by atoms with van der Waals surface area (Å²) in [4.78, 5) is 18.9. The summed E-state index contributed by atoms with van der Waals surface area (Å²) in [5.74, 6) is -0.380. The van der Waals surface area contributed by atoms with Crippen molar-refractivity contribution in [1.29, 1.82) is 0 Å². The molecule has 0 aliphatic rings. The lowest BCUT2D eigenvalue weighted by molar-refractivity contribution is -0.136. The zero-order chi connectivity index (χ0) is 14.1. The lowest BCUT2D eigenvalue weighted by Crippen LogP contribution is -2.02. The predicted octanol–water partition coefficient (Wildman–Crippen LogP) is 2.07. The largest absolute Gasteiger partial charge is 0.481 e. The molecule has 1 N–H and O–H groups in total. The summed E-state index contributed by atoms with van der Waals surface area (Å²) in [7, 11) is 0. The first-order chi connectivity index (χ1) is 9.63. The van der Waals surface area contributed by atoms with Gasteiger partial charge in [-0.15, -0.1) is 5.10 Å². The van der Waals surface area contributed by atoms with Crippen molar-refractivity contribution in [3.63, 3.8) is 0 Å². The Morgan fingerprint density at radius 3 is 2.70 bits per heavy atom. The Labute approximate surface area is 118 Å². The molecule has 2 aromatic heterocycles. The average Bonchev–Trinajstić information content (AvgIpc) is 2.80. The molecular formula is C13H9ClN4O2. The zero-order valence-corrected chi connectivity index (χ0v) is 10.9. The molecule has 0 saturated carbocycles. The molecule has 100 valence electrons. The number of hydrogen-bond donors (Lipinski definition) is 1. The summed E-state index contributed by atoms with van der Waals surface area (Å²) >= 11 is 5.87. The highest BCUT2D eigenvalue weighted by atomic mass is 35.5. The quantitative estimate of drug-likeness (QED) is 0.798. The van der Waals surface area contributed by atoms with Gasteiger partial charge in [0.2, 0.25) is 0 Å². The second-order valence-electron chi connectivity index (χ2n) is 4.15. The van der Waals surface area contributed by atoms with Gasteiger partial charge in [-0.1, -0.05) is 23.7 Å². The van der Waals surface area contributed by atoms with Gasteiger partial charge in [-0.3, -0.25) is 4.79 Å². The van der Waals surface area contributed by atoms with E-state index in [0.29, 0.717) is 10.8 Å². The van der Waals surface area contributed by atoms with E-state index in [9.17, 15) is 4.79 Å². The van der Waals surface area contributed by atoms with Crippen molar-refractivity contribution in [2.24, 2.45) is 0 Å². The van der Waals surface area contributed by atoms with Crippen LogP contribution in [0.3, 0.4) is 0 Å². The fourth-order valence-corrected chi connectivity index (χ4v) is 2.01. The van der Waals surface area contributed by atoms with Crippen molar-refractivity contribution >= 4 is 23.3 Å². The standard InChI is InChI=1S/C13H9ClN4O2/c14-9-3-1-8(2-4-9)10-5-6-15-13-16-11(7-12(19)20)17-18(10)13/h1-6H,7H2,(H,19,20). The van der Waals surface area contributed by atoms with Gasteiger partial charge in [-0.05, 0) is 18.2 Å². The first-order valence-electron chi connectivity index (χ1n) is 5.82. The maximum atomic E-state index is 10.7. The first-order valence-corrected chi connectivity index (χ1v) is 6.19. The Bertz CT molecular complexity index is 783. The van der Waals surface area contributed by atoms with Crippen LogP contribution < -0.4 is 0 Å². The van der Waals surface area contributed by atoms with Gasteiger partial charge in [-0.25, -0.2) is 4.98 Å². The second-order valence-corrected chi connectivity index (χ2v) is 4.58. The van der Waals surface area contributed by atoms with E-state index in [1.807, 2.05) is 12.1 Å². The molecule has 3 aromatic rings. The summed E-state index contributed by atoms with van der Waals surface area (Å²) in [6, 6.07) is 9.05. The zero-order valence-electron chi connectivity index (χ0n) is 10.2. The minimum absolute atomic E-state index is 0.228. The number of aromatic nitrogens is 4. The van der Waals surface area contributed by atoms with E-state index in [-0.39, 0.29) is 12.2 Å². The van der Waals surface area contributed by atoms with Crippen LogP contribution in [-0.2, 0) is 11.2 Å².